The number of halogens is 1. The van der Waals surface area contributed by atoms with Crippen LogP contribution in [-0.2, 0) is 4.79 Å². The minimum absolute atomic E-state index is 0.226. The van der Waals surface area contributed by atoms with Gasteiger partial charge < -0.3 is 20.1 Å². The molecule has 0 saturated carbocycles. The monoisotopic (exact) mass is 392 g/mol. The molecule has 0 spiro atoms. The summed E-state index contributed by atoms with van der Waals surface area (Å²) in [6, 6.07) is 10.1. The molecule has 0 bridgehead atoms. The fourth-order valence-electron chi connectivity index (χ4n) is 2.05. The highest BCUT2D eigenvalue weighted by Gasteiger charge is 2.13. The lowest BCUT2D eigenvalue weighted by Gasteiger charge is -2.13. The quantitative estimate of drug-likeness (QED) is 0.813. The first kappa shape index (κ1) is 17.8. The maximum absolute atomic E-state index is 12.5. The van der Waals surface area contributed by atoms with Crippen LogP contribution in [0.25, 0.3) is 0 Å². The maximum Gasteiger partial charge on any atom is 0.255 e. The molecule has 2 rings (SSSR count). The lowest BCUT2D eigenvalue weighted by atomic mass is 10.1. The molecule has 0 aliphatic heterocycles. The normalized spacial score (nSPS) is 10.0. The number of benzene rings is 2. The summed E-state index contributed by atoms with van der Waals surface area (Å²) in [5, 5.41) is 5.46. The topological polar surface area (TPSA) is 76.7 Å². The molecule has 2 aromatic carbocycles. The van der Waals surface area contributed by atoms with Gasteiger partial charge in [0, 0.05) is 23.0 Å². The van der Waals surface area contributed by atoms with Gasteiger partial charge in [0.25, 0.3) is 5.91 Å². The molecule has 0 aromatic heterocycles. The summed E-state index contributed by atoms with van der Waals surface area (Å²) in [6.07, 6.45) is 0. The summed E-state index contributed by atoms with van der Waals surface area (Å²) in [7, 11) is 3.03. The fourth-order valence-corrected chi connectivity index (χ4v) is 2.41. The molecule has 0 atom stereocenters. The van der Waals surface area contributed by atoms with Crippen molar-refractivity contribution in [1.82, 2.24) is 0 Å². The molecule has 0 saturated heterocycles. The second-order valence-electron chi connectivity index (χ2n) is 4.93. The average molecular weight is 393 g/mol. The van der Waals surface area contributed by atoms with Crippen LogP contribution in [0.1, 0.15) is 17.3 Å². The third-order valence-corrected chi connectivity index (χ3v) is 3.65. The molecule has 24 heavy (non-hydrogen) atoms. The molecule has 0 radical (unpaired) electrons. The SMILES string of the molecule is COc1cc(OC)cc(C(=O)Nc2cc(Br)ccc2NC(C)=O)c1. The number of hydrogen-bond donors (Lipinski definition) is 2. The Morgan fingerprint density at radius 3 is 2.08 bits per heavy atom. The molecule has 2 aromatic rings. The van der Waals surface area contributed by atoms with Crippen LogP contribution < -0.4 is 20.1 Å². The Morgan fingerprint density at radius 2 is 1.54 bits per heavy atom. The third kappa shape index (κ3) is 4.48. The highest BCUT2D eigenvalue weighted by Crippen LogP contribution is 2.28. The van der Waals surface area contributed by atoms with Crippen LogP contribution in [-0.4, -0.2) is 26.0 Å². The Kier molecular flexibility index (Phi) is 5.81. The molecule has 0 aliphatic rings. The van der Waals surface area contributed by atoms with Crippen molar-refractivity contribution in [3.05, 3.63) is 46.4 Å². The summed E-state index contributed by atoms with van der Waals surface area (Å²) >= 11 is 3.35. The second kappa shape index (κ2) is 7.83. The van der Waals surface area contributed by atoms with Crippen molar-refractivity contribution in [3.63, 3.8) is 0 Å². The average Bonchev–Trinajstić information content (AvgIpc) is 2.56. The largest absolute Gasteiger partial charge is 0.497 e. The fraction of sp³-hybridized carbons (Fsp3) is 0.176. The van der Waals surface area contributed by atoms with Crippen molar-refractivity contribution in [2.45, 2.75) is 6.92 Å². The zero-order valence-electron chi connectivity index (χ0n) is 13.5. The van der Waals surface area contributed by atoms with Gasteiger partial charge in [-0.1, -0.05) is 15.9 Å². The Bertz CT molecular complexity index is 755. The van der Waals surface area contributed by atoms with Crippen molar-refractivity contribution in [2.24, 2.45) is 0 Å². The van der Waals surface area contributed by atoms with Crippen LogP contribution in [0.2, 0.25) is 0 Å². The summed E-state index contributed by atoms with van der Waals surface area (Å²) in [6.45, 7) is 1.40. The zero-order chi connectivity index (χ0) is 17.7. The minimum atomic E-state index is -0.350. The van der Waals surface area contributed by atoms with Crippen molar-refractivity contribution in [2.75, 3.05) is 24.9 Å². The predicted octanol–water partition coefficient (Wildman–Crippen LogP) is 3.68. The van der Waals surface area contributed by atoms with Crippen LogP contribution in [0.15, 0.2) is 40.9 Å². The predicted molar refractivity (Wildman–Crippen MR) is 95.9 cm³/mol. The molecular formula is C17H17BrN2O4. The van der Waals surface area contributed by atoms with E-state index in [1.54, 1.807) is 36.4 Å². The van der Waals surface area contributed by atoms with E-state index in [9.17, 15) is 9.59 Å². The summed E-state index contributed by atoms with van der Waals surface area (Å²) in [4.78, 5) is 23.9. The lowest BCUT2D eigenvalue weighted by Crippen LogP contribution is -2.15. The molecular weight excluding hydrogens is 376 g/mol. The summed E-state index contributed by atoms with van der Waals surface area (Å²) in [5.74, 6) is 0.444. The highest BCUT2D eigenvalue weighted by atomic mass is 79.9. The van der Waals surface area contributed by atoms with Gasteiger partial charge in [-0.3, -0.25) is 9.59 Å². The van der Waals surface area contributed by atoms with E-state index in [0.717, 1.165) is 4.47 Å². The Hall–Kier alpha value is -2.54. The zero-order valence-corrected chi connectivity index (χ0v) is 15.1. The Balaban J connectivity index is 2.32. The van der Waals surface area contributed by atoms with E-state index in [4.69, 9.17) is 9.47 Å². The van der Waals surface area contributed by atoms with Crippen LogP contribution in [0, 0.1) is 0 Å². The number of nitrogens with one attached hydrogen (secondary N) is 2. The number of methoxy groups -OCH3 is 2. The van der Waals surface area contributed by atoms with Crippen LogP contribution in [0.5, 0.6) is 11.5 Å². The van der Waals surface area contributed by atoms with E-state index in [2.05, 4.69) is 26.6 Å². The first-order valence-electron chi connectivity index (χ1n) is 7.04. The van der Waals surface area contributed by atoms with E-state index in [0.29, 0.717) is 28.4 Å². The maximum atomic E-state index is 12.5. The van der Waals surface area contributed by atoms with Crippen molar-refractivity contribution in [1.29, 1.82) is 0 Å². The van der Waals surface area contributed by atoms with Crippen molar-refractivity contribution < 1.29 is 19.1 Å². The number of carbonyl (C=O) groups is 2. The number of ether oxygens (including phenoxy) is 2. The van der Waals surface area contributed by atoms with E-state index in [-0.39, 0.29) is 11.8 Å². The van der Waals surface area contributed by atoms with Crippen LogP contribution in [0.3, 0.4) is 0 Å². The lowest BCUT2D eigenvalue weighted by molar-refractivity contribution is -0.114. The van der Waals surface area contributed by atoms with Gasteiger partial charge in [0.15, 0.2) is 0 Å². The minimum Gasteiger partial charge on any atom is -0.497 e. The third-order valence-electron chi connectivity index (χ3n) is 3.15. The molecule has 0 aliphatic carbocycles. The van der Waals surface area contributed by atoms with Gasteiger partial charge in [-0.25, -0.2) is 0 Å². The van der Waals surface area contributed by atoms with E-state index in [1.165, 1.54) is 21.1 Å². The molecule has 0 unspecified atom stereocenters. The molecule has 6 nitrogen and oxygen atoms in total. The molecule has 126 valence electrons. The molecule has 2 N–H and O–H groups in total. The van der Waals surface area contributed by atoms with E-state index < -0.39 is 0 Å². The first-order valence-corrected chi connectivity index (χ1v) is 7.84. The van der Waals surface area contributed by atoms with Gasteiger partial charge in [0.2, 0.25) is 5.91 Å². The number of anilines is 2. The second-order valence-corrected chi connectivity index (χ2v) is 5.84. The molecule has 7 heteroatoms. The number of hydrogen-bond acceptors (Lipinski definition) is 4. The van der Waals surface area contributed by atoms with Crippen LogP contribution in [0.4, 0.5) is 11.4 Å². The standard InChI is InChI=1S/C17H17BrN2O4/c1-10(21)19-15-5-4-12(18)8-16(15)20-17(22)11-6-13(23-2)9-14(7-11)24-3/h4-9H,1-3H3,(H,19,21)(H,20,22). The summed E-state index contributed by atoms with van der Waals surface area (Å²) in [5.41, 5.74) is 1.36. The summed E-state index contributed by atoms with van der Waals surface area (Å²) < 4.78 is 11.1. The first-order chi connectivity index (χ1) is 11.4. The van der Waals surface area contributed by atoms with Gasteiger partial charge >= 0.3 is 0 Å². The van der Waals surface area contributed by atoms with Gasteiger partial charge in [-0.15, -0.1) is 0 Å². The highest BCUT2D eigenvalue weighted by molar-refractivity contribution is 9.10. The number of amides is 2. The van der Waals surface area contributed by atoms with Gasteiger partial charge in [-0.05, 0) is 30.3 Å². The number of carbonyl (C=O) groups excluding carboxylic acids is 2. The molecule has 0 heterocycles. The molecule has 2 amide bonds. The van der Waals surface area contributed by atoms with Gasteiger partial charge in [0.05, 0.1) is 25.6 Å². The van der Waals surface area contributed by atoms with E-state index >= 15 is 0 Å². The van der Waals surface area contributed by atoms with Crippen molar-refractivity contribution in [3.8, 4) is 11.5 Å². The molecule has 0 fully saturated rings. The van der Waals surface area contributed by atoms with Gasteiger partial charge in [0.1, 0.15) is 11.5 Å². The van der Waals surface area contributed by atoms with E-state index in [1.807, 2.05) is 0 Å². The van der Waals surface area contributed by atoms with Gasteiger partial charge in [-0.2, -0.15) is 0 Å². The Labute approximate surface area is 148 Å². The van der Waals surface area contributed by atoms with Crippen LogP contribution >= 0.6 is 15.9 Å². The van der Waals surface area contributed by atoms with Crippen molar-refractivity contribution >= 4 is 39.1 Å². The Morgan fingerprint density at radius 1 is 0.917 bits per heavy atom. The number of rotatable bonds is 5. The smallest absolute Gasteiger partial charge is 0.255 e.